The fraction of sp³-hybridized carbons (Fsp3) is 0.967. The van der Waals surface area contributed by atoms with E-state index in [-0.39, 0.29) is 36.6 Å². The Balaban J connectivity index is 1.34. The van der Waals surface area contributed by atoms with Crippen molar-refractivity contribution in [1.29, 1.82) is 0 Å². The average molecular weight is 525 g/mol. The lowest BCUT2D eigenvalue weighted by molar-refractivity contribution is -0.244. The summed E-state index contributed by atoms with van der Waals surface area (Å²) in [5.41, 5.74) is -1.43. The van der Waals surface area contributed by atoms with Crippen molar-refractivity contribution in [2.75, 3.05) is 13.2 Å². The first kappa shape index (κ1) is 29.3. The van der Waals surface area contributed by atoms with Gasteiger partial charge in [0, 0.05) is 5.92 Å². The fourth-order valence-electron chi connectivity index (χ4n) is 7.76. The van der Waals surface area contributed by atoms with Crippen LogP contribution < -0.4 is 0 Å². The van der Waals surface area contributed by atoms with Gasteiger partial charge in [0.2, 0.25) is 0 Å². The lowest BCUT2D eigenvalue weighted by Crippen LogP contribution is -2.50. The predicted molar refractivity (Wildman–Crippen MR) is 140 cm³/mol. The highest BCUT2D eigenvalue weighted by Crippen LogP contribution is 2.69. The maximum absolute atomic E-state index is 13.3. The second-order valence-corrected chi connectivity index (χ2v) is 13.9. The summed E-state index contributed by atoms with van der Waals surface area (Å²) in [7, 11) is 0. The lowest BCUT2D eigenvalue weighted by Gasteiger charge is -2.41. The van der Waals surface area contributed by atoms with Crippen LogP contribution in [0.25, 0.3) is 0 Å². The molecule has 0 bridgehead atoms. The van der Waals surface area contributed by atoms with E-state index in [0.717, 1.165) is 38.5 Å². The van der Waals surface area contributed by atoms with Gasteiger partial charge in [-0.2, -0.15) is 0 Å². The van der Waals surface area contributed by atoms with Crippen LogP contribution in [0.5, 0.6) is 0 Å². The third kappa shape index (κ3) is 5.77. The molecule has 7 heteroatoms. The molecule has 1 heterocycles. The number of cyclic esters (lactones) is 1. The Morgan fingerprint density at radius 1 is 1.08 bits per heavy atom. The van der Waals surface area contributed by atoms with E-state index in [1.54, 1.807) is 0 Å². The summed E-state index contributed by atoms with van der Waals surface area (Å²) < 4.78 is 24.0. The van der Waals surface area contributed by atoms with Crippen LogP contribution in [0.4, 0.5) is 0 Å². The molecule has 0 radical (unpaired) electrons. The minimum absolute atomic E-state index is 0.00951. The molecule has 0 amide bonds. The van der Waals surface area contributed by atoms with Gasteiger partial charge in [-0.05, 0) is 75.0 Å². The maximum Gasteiger partial charge on any atom is 0.318 e. The van der Waals surface area contributed by atoms with Crippen LogP contribution in [0, 0.1) is 40.4 Å². The van der Waals surface area contributed by atoms with Gasteiger partial charge in [0.15, 0.2) is 12.6 Å². The van der Waals surface area contributed by atoms with E-state index in [0.29, 0.717) is 30.1 Å². The molecule has 214 valence electrons. The van der Waals surface area contributed by atoms with E-state index in [4.69, 9.17) is 18.9 Å². The Morgan fingerprint density at radius 2 is 1.76 bits per heavy atom. The number of carbonyl (C=O) groups is 1. The van der Waals surface area contributed by atoms with Crippen LogP contribution in [0.3, 0.4) is 0 Å². The zero-order valence-electron chi connectivity index (χ0n) is 24.2. The first-order valence-corrected chi connectivity index (χ1v) is 14.8. The summed E-state index contributed by atoms with van der Waals surface area (Å²) in [6, 6.07) is 0. The van der Waals surface area contributed by atoms with Crippen LogP contribution in [0.2, 0.25) is 0 Å². The standard InChI is InChI=1S/C30H52O7/c1-18(2)14-29(7,19(3)4)20(5)34-17-24(31)35-16-23-25-22-13-21(22)15-30(25,26(32)36-23)27(33)37-28(6)11-9-8-10-12-28/h18-25,27,31,33H,8-17H2,1-7H3. The molecule has 4 fully saturated rings. The van der Waals surface area contributed by atoms with Gasteiger partial charge in [-0.3, -0.25) is 4.79 Å². The van der Waals surface area contributed by atoms with Gasteiger partial charge in [0.1, 0.15) is 11.5 Å². The summed E-state index contributed by atoms with van der Waals surface area (Å²) in [5.74, 6) is 1.25. The summed E-state index contributed by atoms with van der Waals surface area (Å²) >= 11 is 0. The molecule has 0 aromatic heterocycles. The topological polar surface area (TPSA) is 94.5 Å². The smallest absolute Gasteiger partial charge is 0.318 e. The van der Waals surface area contributed by atoms with Crippen molar-refractivity contribution in [2.24, 2.45) is 40.4 Å². The number of rotatable bonds is 13. The number of aliphatic hydroxyl groups is 2. The molecule has 2 N–H and O–H groups in total. The second kappa shape index (κ2) is 11.0. The summed E-state index contributed by atoms with van der Waals surface area (Å²) in [6.45, 7) is 15.4. The molecule has 3 aliphatic carbocycles. The van der Waals surface area contributed by atoms with Crippen LogP contribution >= 0.6 is 0 Å². The van der Waals surface area contributed by atoms with Crippen molar-refractivity contribution in [2.45, 2.75) is 130 Å². The Bertz CT molecular complexity index is 793. The zero-order chi connectivity index (χ0) is 27.2. The predicted octanol–water partition coefficient (Wildman–Crippen LogP) is 5.06. The van der Waals surface area contributed by atoms with Gasteiger partial charge in [0.05, 0.1) is 24.9 Å². The van der Waals surface area contributed by atoms with E-state index in [9.17, 15) is 15.0 Å². The molecule has 9 atom stereocenters. The van der Waals surface area contributed by atoms with Crippen LogP contribution in [-0.4, -0.2) is 59.8 Å². The van der Waals surface area contributed by atoms with E-state index in [1.165, 1.54) is 6.42 Å². The number of ether oxygens (including phenoxy) is 4. The number of hydrogen-bond acceptors (Lipinski definition) is 7. The van der Waals surface area contributed by atoms with Crippen molar-refractivity contribution in [3.05, 3.63) is 0 Å². The largest absolute Gasteiger partial charge is 0.459 e. The molecular formula is C30H52O7. The van der Waals surface area contributed by atoms with E-state index in [1.807, 2.05) is 0 Å². The van der Waals surface area contributed by atoms with Gasteiger partial charge in [-0.1, -0.05) is 53.9 Å². The van der Waals surface area contributed by atoms with Crippen molar-refractivity contribution in [3.63, 3.8) is 0 Å². The number of carbonyl (C=O) groups excluding carboxylic acids is 1. The van der Waals surface area contributed by atoms with Gasteiger partial charge in [-0.25, -0.2) is 0 Å². The molecule has 4 rings (SSSR count). The quantitative estimate of drug-likeness (QED) is 0.257. The molecule has 0 aromatic rings. The average Bonchev–Trinajstić information content (AvgIpc) is 3.39. The maximum atomic E-state index is 13.3. The normalized spacial score (nSPS) is 36.6. The third-order valence-electron chi connectivity index (χ3n) is 10.5. The highest BCUT2D eigenvalue weighted by molar-refractivity contribution is 5.81. The van der Waals surface area contributed by atoms with Gasteiger partial charge in [-0.15, -0.1) is 0 Å². The minimum Gasteiger partial charge on any atom is -0.459 e. The van der Waals surface area contributed by atoms with E-state index < -0.39 is 29.7 Å². The molecule has 1 saturated heterocycles. The van der Waals surface area contributed by atoms with Crippen LogP contribution in [0.1, 0.15) is 99.8 Å². The number of aliphatic hydroxyl groups excluding tert-OH is 2. The van der Waals surface area contributed by atoms with E-state index in [2.05, 4.69) is 48.5 Å². The summed E-state index contributed by atoms with van der Waals surface area (Å²) in [4.78, 5) is 13.3. The lowest BCUT2D eigenvalue weighted by atomic mass is 9.70. The van der Waals surface area contributed by atoms with Crippen molar-refractivity contribution in [3.8, 4) is 0 Å². The SMILES string of the molecule is CC(C)CC(C)(C(C)C)C(C)OCC(O)OCC1OC(=O)C2(C(O)OC3(C)CCCCC3)CC3CC3C12. The monoisotopic (exact) mass is 524 g/mol. The molecule has 1 aliphatic heterocycles. The molecular weight excluding hydrogens is 472 g/mol. The molecule has 37 heavy (non-hydrogen) atoms. The molecule has 4 aliphatic rings. The van der Waals surface area contributed by atoms with Crippen LogP contribution in [-0.2, 0) is 23.7 Å². The van der Waals surface area contributed by atoms with Crippen molar-refractivity contribution in [1.82, 2.24) is 0 Å². The summed E-state index contributed by atoms with van der Waals surface area (Å²) in [5, 5.41) is 21.9. The molecule has 0 spiro atoms. The zero-order valence-corrected chi connectivity index (χ0v) is 24.2. The minimum atomic E-state index is -1.17. The molecule has 3 saturated carbocycles. The van der Waals surface area contributed by atoms with E-state index >= 15 is 0 Å². The highest BCUT2D eigenvalue weighted by atomic mass is 16.7. The summed E-state index contributed by atoms with van der Waals surface area (Å²) in [6.07, 6.45) is 5.05. The second-order valence-electron chi connectivity index (χ2n) is 13.9. The van der Waals surface area contributed by atoms with Crippen molar-refractivity contribution >= 4 is 5.97 Å². The number of fused-ring (bicyclic) bond motifs is 3. The Morgan fingerprint density at radius 3 is 2.38 bits per heavy atom. The van der Waals surface area contributed by atoms with Crippen molar-refractivity contribution < 1.29 is 34.0 Å². The number of hydrogen-bond donors (Lipinski definition) is 2. The first-order chi connectivity index (χ1) is 17.3. The van der Waals surface area contributed by atoms with Gasteiger partial charge >= 0.3 is 5.97 Å². The molecule has 7 nitrogen and oxygen atoms in total. The third-order valence-corrected chi connectivity index (χ3v) is 10.5. The fourth-order valence-corrected chi connectivity index (χ4v) is 7.76. The Labute approximate surface area is 224 Å². The Kier molecular flexibility index (Phi) is 8.73. The molecule has 9 unspecified atom stereocenters. The van der Waals surface area contributed by atoms with Crippen LogP contribution in [0.15, 0.2) is 0 Å². The van der Waals surface area contributed by atoms with Gasteiger partial charge < -0.3 is 29.2 Å². The van der Waals surface area contributed by atoms with Gasteiger partial charge in [0.25, 0.3) is 0 Å². The molecule has 0 aromatic carbocycles. The highest BCUT2D eigenvalue weighted by Gasteiger charge is 2.74. The number of esters is 1. The first-order valence-electron chi connectivity index (χ1n) is 14.8. The Hall–Kier alpha value is -0.730.